The van der Waals surface area contributed by atoms with Crippen LogP contribution in [0.3, 0.4) is 0 Å². The molecular weight excluding hydrogens is 158 g/mol. The van der Waals surface area contributed by atoms with Gasteiger partial charge in [0.2, 0.25) is 0 Å². The Hall–Kier alpha value is -0.610. The van der Waals surface area contributed by atoms with Gasteiger partial charge >= 0.3 is 5.97 Å². The molecule has 0 aromatic carbocycles. The highest BCUT2D eigenvalue weighted by Gasteiger charge is 2.26. The second-order valence-electron chi connectivity index (χ2n) is 3.30. The summed E-state index contributed by atoms with van der Waals surface area (Å²) in [5.41, 5.74) is 0. The Kier molecular flexibility index (Phi) is 3.05. The van der Waals surface area contributed by atoms with Gasteiger partial charge in [0.25, 0.3) is 0 Å². The number of hydrogen-bond donors (Lipinski definition) is 1. The highest BCUT2D eigenvalue weighted by Crippen LogP contribution is 2.11. The van der Waals surface area contributed by atoms with Crippen LogP contribution in [0.15, 0.2) is 0 Å². The van der Waals surface area contributed by atoms with E-state index in [4.69, 9.17) is 9.84 Å². The zero-order valence-electron chi connectivity index (χ0n) is 7.49. The van der Waals surface area contributed by atoms with Gasteiger partial charge in [-0.3, -0.25) is 9.69 Å². The zero-order valence-corrected chi connectivity index (χ0v) is 7.49. The molecule has 0 spiro atoms. The minimum Gasteiger partial charge on any atom is -0.480 e. The zero-order chi connectivity index (χ0) is 9.14. The lowest BCUT2D eigenvalue weighted by atomic mass is 10.2. The number of morpholine rings is 1. The predicted molar refractivity (Wildman–Crippen MR) is 44.1 cm³/mol. The van der Waals surface area contributed by atoms with Crippen molar-refractivity contribution in [2.24, 2.45) is 0 Å². The van der Waals surface area contributed by atoms with Crippen molar-refractivity contribution in [2.45, 2.75) is 25.9 Å². The molecule has 1 heterocycles. The van der Waals surface area contributed by atoms with Crippen LogP contribution in [0, 0.1) is 0 Å². The topological polar surface area (TPSA) is 49.8 Å². The lowest BCUT2D eigenvalue weighted by molar-refractivity contribution is -0.142. The summed E-state index contributed by atoms with van der Waals surface area (Å²) >= 11 is 0. The second kappa shape index (κ2) is 3.87. The molecule has 12 heavy (non-hydrogen) atoms. The van der Waals surface area contributed by atoms with E-state index >= 15 is 0 Å². The van der Waals surface area contributed by atoms with Crippen molar-refractivity contribution in [2.75, 3.05) is 19.8 Å². The summed E-state index contributed by atoms with van der Waals surface area (Å²) in [4.78, 5) is 12.4. The van der Waals surface area contributed by atoms with Gasteiger partial charge in [0.15, 0.2) is 0 Å². The van der Waals surface area contributed by atoms with Crippen LogP contribution < -0.4 is 0 Å². The third kappa shape index (κ3) is 2.19. The average molecular weight is 173 g/mol. The lowest BCUT2D eigenvalue weighted by Gasteiger charge is -2.37. The van der Waals surface area contributed by atoms with Crippen LogP contribution in [0.4, 0.5) is 0 Å². The van der Waals surface area contributed by atoms with Crippen molar-refractivity contribution in [3.63, 3.8) is 0 Å². The second-order valence-corrected chi connectivity index (χ2v) is 3.30. The summed E-state index contributed by atoms with van der Waals surface area (Å²) < 4.78 is 5.27. The van der Waals surface area contributed by atoms with Crippen LogP contribution >= 0.6 is 0 Å². The maximum absolute atomic E-state index is 10.5. The van der Waals surface area contributed by atoms with Gasteiger partial charge in [-0.1, -0.05) is 0 Å². The molecule has 0 bridgehead atoms. The highest BCUT2D eigenvalue weighted by atomic mass is 16.5. The molecule has 0 unspecified atom stereocenters. The molecule has 1 fully saturated rings. The minimum atomic E-state index is -0.768. The molecular formula is C8H15NO3. The van der Waals surface area contributed by atoms with Gasteiger partial charge in [-0.15, -0.1) is 0 Å². The van der Waals surface area contributed by atoms with Gasteiger partial charge in [-0.25, -0.2) is 0 Å². The third-order valence-electron chi connectivity index (χ3n) is 2.17. The molecule has 0 aromatic heterocycles. The summed E-state index contributed by atoms with van der Waals surface area (Å²) in [6.45, 7) is 5.36. The van der Waals surface area contributed by atoms with E-state index in [9.17, 15) is 4.79 Å². The molecule has 4 heteroatoms. The Labute approximate surface area is 72.1 Å². The van der Waals surface area contributed by atoms with E-state index in [-0.39, 0.29) is 18.6 Å². The molecule has 1 aliphatic heterocycles. The van der Waals surface area contributed by atoms with Gasteiger partial charge in [0.05, 0.1) is 19.8 Å². The van der Waals surface area contributed by atoms with Gasteiger partial charge in [0, 0.05) is 12.1 Å². The molecule has 0 aromatic rings. The van der Waals surface area contributed by atoms with E-state index in [1.807, 2.05) is 18.7 Å². The number of nitrogens with zero attached hydrogens (tertiary/aromatic N) is 1. The number of carbonyl (C=O) groups is 1. The molecule has 0 saturated carbocycles. The summed E-state index contributed by atoms with van der Waals surface area (Å²) in [7, 11) is 0. The van der Waals surface area contributed by atoms with Crippen LogP contribution in [0.5, 0.6) is 0 Å². The standard InChI is InChI=1S/C8H15NO3/c1-6-4-12-5-7(2)9(6)3-8(10)11/h6-7H,3-5H2,1-2H3,(H,10,11)/t6-,7-/m0/s1. The molecule has 1 rings (SSSR count). The normalized spacial score (nSPS) is 31.8. The van der Waals surface area contributed by atoms with Crippen LogP contribution in [-0.2, 0) is 9.53 Å². The Morgan fingerprint density at radius 3 is 2.42 bits per heavy atom. The number of ether oxygens (including phenoxy) is 1. The molecule has 1 saturated heterocycles. The fourth-order valence-corrected chi connectivity index (χ4v) is 1.50. The number of carboxylic acid groups (broad SMARTS) is 1. The van der Waals surface area contributed by atoms with Crippen LogP contribution in [-0.4, -0.2) is 47.8 Å². The average Bonchev–Trinajstić information content (AvgIpc) is 1.97. The van der Waals surface area contributed by atoms with Crippen molar-refractivity contribution >= 4 is 5.97 Å². The predicted octanol–water partition coefficient (Wildman–Crippen LogP) is 0.180. The fraction of sp³-hybridized carbons (Fsp3) is 0.875. The summed E-state index contributed by atoms with van der Waals surface area (Å²) in [5, 5.41) is 8.62. The maximum Gasteiger partial charge on any atom is 0.317 e. The molecule has 4 nitrogen and oxygen atoms in total. The largest absolute Gasteiger partial charge is 0.480 e. The number of carboxylic acids is 1. The minimum absolute atomic E-state index is 0.117. The Bertz CT molecular complexity index is 162. The maximum atomic E-state index is 10.5. The molecule has 70 valence electrons. The van der Waals surface area contributed by atoms with Crippen LogP contribution in [0.1, 0.15) is 13.8 Å². The molecule has 0 radical (unpaired) electrons. The number of aliphatic carboxylic acids is 1. The fourth-order valence-electron chi connectivity index (χ4n) is 1.50. The Morgan fingerprint density at radius 2 is 2.00 bits per heavy atom. The SMILES string of the molecule is C[C@H]1COC[C@H](C)N1CC(=O)O. The van der Waals surface area contributed by atoms with Crippen LogP contribution in [0.2, 0.25) is 0 Å². The lowest BCUT2D eigenvalue weighted by Crippen LogP contribution is -2.51. The van der Waals surface area contributed by atoms with E-state index in [1.165, 1.54) is 0 Å². The van der Waals surface area contributed by atoms with Crippen molar-refractivity contribution in [3.8, 4) is 0 Å². The summed E-state index contributed by atoms with van der Waals surface area (Å²) in [6.07, 6.45) is 0. The monoisotopic (exact) mass is 173 g/mol. The van der Waals surface area contributed by atoms with E-state index < -0.39 is 5.97 Å². The summed E-state index contributed by atoms with van der Waals surface area (Å²) in [5.74, 6) is -0.768. The molecule has 1 aliphatic rings. The molecule has 1 N–H and O–H groups in total. The highest BCUT2D eigenvalue weighted by molar-refractivity contribution is 5.69. The number of hydrogen-bond acceptors (Lipinski definition) is 3. The number of rotatable bonds is 2. The quantitative estimate of drug-likeness (QED) is 0.647. The van der Waals surface area contributed by atoms with E-state index in [0.29, 0.717) is 13.2 Å². The Morgan fingerprint density at radius 1 is 1.50 bits per heavy atom. The van der Waals surface area contributed by atoms with Crippen LogP contribution in [0.25, 0.3) is 0 Å². The summed E-state index contributed by atoms with van der Waals surface area (Å²) in [6, 6.07) is 0.426. The smallest absolute Gasteiger partial charge is 0.317 e. The molecule has 2 atom stereocenters. The van der Waals surface area contributed by atoms with E-state index in [1.54, 1.807) is 0 Å². The van der Waals surface area contributed by atoms with Gasteiger partial charge in [-0.2, -0.15) is 0 Å². The first-order chi connectivity index (χ1) is 5.61. The first-order valence-electron chi connectivity index (χ1n) is 4.16. The van der Waals surface area contributed by atoms with Crippen molar-refractivity contribution in [1.29, 1.82) is 0 Å². The van der Waals surface area contributed by atoms with Gasteiger partial charge in [0.1, 0.15) is 0 Å². The molecule has 0 aliphatic carbocycles. The van der Waals surface area contributed by atoms with Crippen molar-refractivity contribution < 1.29 is 14.6 Å². The Balaban J connectivity index is 2.50. The van der Waals surface area contributed by atoms with E-state index in [2.05, 4.69) is 0 Å². The van der Waals surface area contributed by atoms with Crippen molar-refractivity contribution in [1.82, 2.24) is 4.90 Å². The van der Waals surface area contributed by atoms with Gasteiger partial charge in [-0.05, 0) is 13.8 Å². The van der Waals surface area contributed by atoms with Gasteiger partial charge < -0.3 is 9.84 Å². The molecule has 0 amide bonds. The van der Waals surface area contributed by atoms with E-state index in [0.717, 1.165) is 0 Å². The third-order valence-corrected chi connectivity index (χ3v) is 2.17. The van der Waals surface area contributed by atoms with Crippen molar-refractivity contribution in [3.05, 3.63) is 0 Å². The first kappa shape index (κ1) is 9.48. The first-order valence-corrected chi connectivity index (χ1v) is 4.16.